The first-order chi connectivity index (χ1) is 21.6. The fourth-order valence-corrected chi connectivity index (χ4v) is 26.6. The maximum Gasteiger partial charge on any atom is 0.201 e. The zero-order valence-electron chi connectivity index (χ0n) is 34.2. The van der Waals surface area contributed by atoms with Crippen molar-refractivity contribution in [2.24, 2.45) is 0 Å². The van der Waals surface area contributed by atoms with Gasteiger partial charge in [0.2, 0.25) is 25.0 Å². The molecule has 3 atom stereocenters. The molecule has 0 saturated heterocycles. The Morgan fingerprint density at radius 1 is 0.553 bits per heavy atom. The largest absolute Gasteiger partial charge is 0.485 e. The Kier molecular flexibility index (Phi) is 15.4. The van der Waals surface area contributed by atoms with E-state index in [0.717, 1.165) is 11.3 Å². The van der Waals surface area contributed by atoms with Crippen molar-refractivity contribution in [2.45, 2.75) is 200 Å². The summed E-state index contributed by atoms with van der Waals surface area (Å²) in [6, 6.07) is 8.61. The standard InChI is InChI=1S/C40H76O4Si3/c1-26(2)45(27(3)4,28(5)6)41-25-39-40(44-47(32(13)14,33(15)16)34(17)18)38(43-46(29(7)8,30(9)10)31(11)12)24-37(42-39)36-23-21-20-22-35(36)19/h20-24,26-34,38-40H,25H2,1-19H3/t38-,39-,40+/m1/s1. The lowest BCUT2D eigenvalue weighted by atomic mass is 9.99. The average Bonchev–Trinajstić information content (AvgIpc) is 2.93. The molecule has 1 aliphatic heterocycles. The molecule has 0 aromatic heterocycles. The van der Waals surface area contributed by atoms with Gasteiger partial charge in [0.15, 0.2) is 0 Å². The van der Waals surface area contributed by atoms with Gasteiger partial charge in [0.25, 0.3) is 0 Å². The van der Waals surface area contributed by atoms with Crippen molar-refractivity contribution in [3.05, 3.63) is 41.5 Å². The summed E-state index contributed by atoms with van der Waals surface area (Å²) in [6.07, 6.45) is 1.56. The van der Waals surface area contributed by atoms with Crippen molar-refractivity contribution in [1.82, 2.24) is 0 Å². The second kappa shape index (κ2) is 17.0. The Balaban J connectivity index is 2.94. The zero-order chi connectivity index (χ0) is 36.2. The molecule has 2 rings (SSSR count). The summed E-state index contributed by atoms with van der Waals surface area (Å²) in [6.45, 7) is 45.5. The molecule has 4 nitrogen and oxygen atoms in total. The fraction of sp³-hybridized carbons (Fsp3) is 0.800. The van der Waals surface area contributed by atoms with E-state index in [2.05, 4.69) is 162 Å². The SMILES string of the molecule is Cc1ccccc1C1=C[C@@H](O[Si](C(C)C)(C(C)C)C(C)C)[C@H](O[Si](C(C)C)(C(C)C)C(C)C)[C@@H](CO[Si](C(C)C)(C(C)C)C(C)C)O1. The summed E-state index contributed by atoms with van der Waals surface area (Å²) in [5, 5.41) is 0. The van der Waals surface area contributed by atoms with Gasteiger partial charge in [0, 0.05) is 5.56 Å². The maximum atomic E-state index is 7.84. The normalized spacial score (nSPS) is 20.3. The van der Waals surface area contributed by atoms with Crippen LogP contribution in [0.25, 0.3) is 5.76 Å². The summed E-state index contributed by atoms with van der Waals surface area (Å²) < 4.78 is 30.2. The van der Waals surface area contributed by atoms with Gasteiger partial charge < -0.3 is 18.0 Å². The van der Waals surface area contributed by atoms with Gasteiger partial charge in [-0.05, 0) is 68.4 Å². The van der Waals surface area contributed by atoms with Gasteiger partial charge in [-0.1, -0.05) is 149 Å². The Morgan fingerprint density at radius 2 is 0.936 bits per heavy atom. The van der Waals surface area contributed by atoms with Crippen LogP contribution in [0.3, 0.4) is 0 Å². The number of ether oxygens (including phenoxy) is 1. The van der Waals surface area contributed by atoms with E-state index in [0.29, 0.717) is 56.5 Å². The minimum atomic E-state index is -2.33. The predicted octanol–water partition coefficient (Wildman–Crippen LogP) is 13.0. The molecule has 47 heavy (non-hydrogen) atoms. The van der Waals surface area contributed by atoms with Crippen molar-refractivity contribution < 1.29 is 18.0 Å². The van der Waals surface area contributed by atoms with Crippen molar-refractivity contribution in [1.29, 1.82) is 0 Å². The molecule has 0 aliphatic carbocycles. The summed E-state index contributed by atoms with van der Waals surface area (Å²) in [5.74, 6) is 0.914. The first-order valence-electron chi connectivity index (χ1n) is 19.1. The monoisotopic (exact) mass is 705 g/mol. The highest BCUT2D eigenvalue weighted by atomic mass is 28.4. The minimum absolute atomic E-state index is 0.220. The number of hydrogen-bond acceptors (Lipinski definition) is 4. The molecule has 7 heteroatoms. The van der Waals surface area contributed by atoms with Crippen LogP contribution in [0.4, 0.5) is 0 Å². The van der Waals surface area contributed by atoms with Gasteiger partial charge in [0.1, 0.15) is 18.0 Å². The van der Waals surface area contributed by atoms with Crippen LogP contribution in [0.1, 0.15) is 136 Å². The molecule has 1 aliphatic rings. The quantitative estimate of drug-likeness (QED) is 0.151. The van der Waals surface area contributed by atoms with E-state index in [1.807, 2.05) is 0 Å². The van der Waals surface area contributed by atoms with Crippen molar-refractivity contribution in [3.8, 4) is 0 Å². The molecule has 0 bridgehead atoms. The number of benzene rings is 1. The van der Waals surface area contributed by atoms with Gasteiger partial charge in [-0.25, -0.2) is 0 Å². The van der Waals surface area contributed by atoms with E-state index in [4.69, 9.17) is 18.0 Å². The highest BCUT2D eigenvalue weighted by Crippen LogP contribution is 2.49. The molecule has 1 aromatic carbocycles. The molecular formula is C40H76O4Si3. The van der Waals surface area contributed by atoms with Crippen molar-refractivity contribution in [3.63, 3.8) is 0 Å². The van der Waals surface area contributed by atoms with Gasteiger partial charge in [0.05, 0.1) is 12.7 Å². The molecule has 272 valence electrons. The van der Waals surface area contributed by atoms with E-state index >= 15 is 0 Å². The molecule has 0 unspecified atom stereocenters. The van der Waals surface area contributed by atoms with Crippen LogP contribution in [0.2, 0.25) is 49.9 Å². The lowest BCUT2D eigenvalue weighted by molar-refractivity contribution is -0.0620. The molecule has 0 saturated carbocycles. The third-order valence-corrected chi connectivity index (χ3v) is 30.3. The number of rotatable bonds is 17. The topological polar surface area (TPSA) is 36.9 Å². The maximum absolute atomic E-state index is 7.84. The van der Waals surface area contributed by atoms with E-state index in [1.165, 1.54) is 5.56 Å². The van der Waals surface area contributed by atoms with Crippen LogP contribution < -0.4 is 0 Å². The smallest absolute Gasteiger partial charge is 0.201 e. The molecule has 0 amide bonds. The molecule has 0 N–H and O–H groups in total. The fourth-order valence-electron chi connectivity index (χ4n) is 10.1. The first kappa shape index (κ1) is 42.5. The third-order valence-electron chi connectivity index (χ3n) is 12.0. The molecule has 0 spiro atoms. The summed E-state index contributed by atoms with van der Waals surface area (Å²) in [4.78, 5) is 0. The highest BCUT2D eigenvalue weighted by Gasteiger charge is 2.55. The van der Waals surface area contributed by atoms with Crippen molar-refractivity contribution >= 4 is 30.7 Å². The highest BCUT2D eigenvalue weighted by molar-refractivity contribution is 6.78. The minimum Gasteiger partial charge on any atom is -0.485 e. The number of hydrogen-bond donors (Lipinski definition) is 0. The molecule has 1 aromatic rings. The van der Waals surface area contributed by atoms with E-state index in [-0.39, 0.29) is 18.3 Å². The van der Waals surface area contributed by atoms with Crippen LogP contribution in [0.5, 0.6) is 0 Å². The summed E-state index contributed by atoms with van der Waals surface area (Å²) in [5.41, 5.74) is 6.53. The summed E-state index contributed by atoms with van der Waals surface area (Å²) >= 11 is 0. The average molecular weight is 705 g/mol. The van der Waals surface area contributed by atoms with Crippen LogP contribution in [0, 0.1) is 6.92 Å². The van der Waals surface area contributed by atoms with E-state index in [9.17, 15) is 0 Å². The Bertz CT molecular complexity index is 1070. The summed E-state index contributed by atoms with van der Waals surface area (Å²) in [7, 11) is -6.80. The van der Waals surface area contributed by atoms with Gasteiger partial charge >= 0.3 is 0 Å². The van der Waals surface area contributed by atoms with Crippen LogP contribution in [0.15, 0.2) is 30.3 Å². The predicted molar refractivity (Wildman–Crippen MR) is 213 cm³/mol. The first-order valence-corrected chi connectivity index (χ1v) is 25.5. The zero-order valence-corrected chi connectivity index (χ0v) is 37.2. The Labute approximate surface area is 295 Å². The van der Waals surface area contributed by atoms with Crippen LogP contribution in [-0.4, -0.2) is 49.9 Å². The second-order valence-electron chi connectivity index (χ2n) is 17.4. The molecule has 0 radical (unpaired) electrons. The Morgan fingerprint density at radius 3 is 1.32 bits per heavy atom. The third kappa shape index (κ3) is 8.44. The lowest BCUT2D eigenvalue weighted by Crippen LogP contribution is -2.61. The molecular weight excluding hydrogens is 629 g/mol. The van der Waals surface area contributed by atoms with Crippen LogP contribution in [-0.2, 0) is 18.0 Å². The molecule has 1 heterocycles. The van der Waals surface area contributed by atoms with Gasteiger partial charge in [-0.15, -0.1) is 0 Å². The second-order valence-corrected chi connectivity index (χ2v) is 33.7. The van der Waals surface area contributed by atoms with Crippen LogP contribution >= 0.6 is 0 Å². The molecule has 0 fully saturated rings. The van der Waals surface area contributed by atoms with E-state index < -0.39 is 25.0 Å². The van der Waals surface area contributed by atoms with Gasteiger partial charge in [-0.2, -0.15) is 0 Å². The van der Waals surface area contributed by atoms with E-state index in [1.54, 1.807) is 0 Å². The number of aryl methyl sites for hydroxylation is 1. The van der Waals surface area contributed by atoms with Gasteiger partial charge in [-0.3, -0.25) is 0 Å². The Hall–Kier alpha value is -0.709. The lowest BCUT2D eigenvalue weighted by Gasteiger charge is -2.52. The van der Waals surface area contributed by atoms with Crippen molar-refractivity contribution in [2.75, 3.05) is 6.61 Å².